The molecule has 0 aliphatic rings. The molecule has 0 saturated heterocycles. The van der Waals surface area contributed by atoms with E-state index in [4.69, 9.17) is 21.1 Å². The largest absolute Gasteiger partial charge is 0.496 e. The Kier molecular flexibility index (Phi) is 4.31. The van der Waals surface area contributed by atoms with E-state index in [9.17, 15) is 9.59 Å². The average molecular weight is 347 g/mol. The van der Waals surface area contributed by atoms with Gasteiger partial charge in [-0.25, -0.2) is 9.59 Å². The predicted octanol–water partition coefficient (Wildman–Crippen LogP) is 2.75. The number of imidazole rings is 1. The molecule has 1 unspecified atom stereocenters. The lowest BCUT2D eigenvalue weighted by atomic mass is 10.1. The summed E-state index contributed by atoms with van der Waals surface area (Å²) in [5, 5.41) is 0.457. The average Bonchev–Trinajstić information content (AvgIpc) is 2.91. The van der Waals surface area contributed by atoms with E-state index < -0.39 is 17.7 Å². The molecule has 1 aromatic heterocycles. The van der Waals surface area contributed by atoms with Gasteiger partial charge in [-0.2, -0.15) is 0 Å². The molecule has 0 spiro atoms. The highest BCUT2D eigenvalue weighted by molar-refractivity contribution is 6.31. The molecule has 0 saturated carbocycles. The molecule has 0 aliphatic heterocycles. The van der Waals surface area contributed by atoms with Crippen LogP contribution in [0.25, 0.3) is 11.0 Å². The number of esters is 1. The first-order valence-corrected chi connectivity index (χ1v) is 7.55. The summed E-state index contributed by atoms with van der Waals surface area (Å²) < 4.78 is 11.6. The predicted molar refractivity (Wildman–Crippen MR) is 90.7 cm³/mol. The van der Waals surface area contributed by atoms with Crippen LogP contribution in [0.4, 0.5) is 0 Å². The molecule has 1 heterocycles. The van der Waals surface area contributed by atoms with E-state index in [-0.39, 0.29) is 0 Å². The van der Waals surface area contributed by atoms with Crippen LogP contribution in [0, 0.1) is 0 Å². The minimum Gasteiger partial charge on any atom is -0.496 e. The summed E-state index contributed by atoms with van der Waals surface area (Å²) in [6.07, 6.45) is 0. The van der Waals surface area contributed by atoms with E-state index in [0.717, 1.165) is 0 Å². The summed E-state index contributed by atoms with van der Waals surface area (Å²) in [5.41, 5.74) is 1.17. The maximum atomic E-state index is 12.5. The Hall–Kier alpha value is -2.73. The quantitative estimate of drug-likeness (QED) is 0.737. The fraction of sp³-hybridized carbons (Fsp3) is 0.176. The van der Waals surface area contributed by atoms with Crippen molar-refractivity contribution < 1.29 is 14.3 Å². The molecule has 0 fully saturated rings. The lowest BCUT2D eigenvalue weighted by molar-refractivity contribution is -0.143. The third-order valence-electron chi connectivity index (χ3n) is 3.80. The van der Waals surface area contributed by atoms with Crippen molar-refractivity contribution in [3.63, 3.8) is 0 Å². The Balaban J connectivity index is 2.32. The highest BCUT2D eigenvalue weighted by atomic mass is 35.5. The molecule has 6 nitrogen and oxygen atoms in total. The Bertz CT molecular complexity index is 961. The molecule has 3 aromatic rings. The van der Waals surface area contributed by atoms with E-state index in [0.29, 0.717) is 27.4 Å². The van der Waals surface area contributed by atoms with Gasteiger partial charge in [-0.3, -0.25) is 4.57 Å². The molecule has 3 rings (SSSR count). The number of ether oxygens (including phenoxy) is 2. The van der Waals surface area contributed by atoms with Crippen LogP contribution in [0.2, 0.25) is 5.02 Å². The topological polar surface area (TPSA) is 73.3 Å². The van der Waals surface area contributed by atoms with Crippen molar-refractivity contribution >= 4 is 28.6 Å². The van der Waals surface area contributed by atoms with Gasteiger partial charge in [0, 0.05) is 10.6 Å². The first kappa shape index (κ1) is 16.1. The highest BCUT2D eigenvalue weighted by Crippen LogP contribution is 2.30. The van der Waals surface area contributed by atoms with Crippen LogP contribution in [0.3, 0.4) is 0 Å². The lowest BCUT2D eigenvalue weighted by Crippen LogP contribution is -2.30. The summed E-state index contributed by atoms with van der Waals surface area (Å²) in [7, 11) is 2.78. The van der Waals surface area contributed by atoms with Crippen molar-refractivity contribution in [1.82, 2.24) is 9.55 Å². The fourth-order valence-corrected chi connectivity index (χ4v) is 2.89. The zero-order valence-corrected chi connectivity index (χ0v) is 13.8. The number of aromatic nitrogens is 2. The molecule has 0 bridgehead atoms. The standard InChI is InChI=1S/C17H15ClN2O4/c1-23-14-6-4-3-5-11(14)15(16(21)24-2)20-13-9-10(18)7-8-12(13)19-17(20)22/h3-9,15H,1-2H3,(H,19,22). The second-order valence-corrected chi connectivity index (χ2v) is 5.57. The molecule has 124 valence electrons. The van der Waals surface area contributed by atoms with Crippen LogP contribution in [-0.2, 0) is 9.53 Å². The Morgan fingerprint density at radius 1 is 1.21 bits per heavy atom. The van der Waals surface area contributed by atoms with E-state index in [2.05, 4.69) is 4.98 Å². The number of aromatic amines is 1. The summed E-state index contributed by atoms with van der Waals surface area (Å²) in [6.45, 7) is 0. The number of methoxy groups -OCH3 is 2. The Morgan fingerprint density at radius 2 is 1.96 bits per heavy atom. The van der Waals surface area contributed by atoms with Gasteiger partial charge in [0.25, 0.3) is 0 Å². The van der Waals surface area contributed by atoms with Crippen molar-refractivity contribution in [2.75, 3.05) is 14.2 Å². The van der Waals surface area contributed by atoms with Crippen molar-refractivity contribution in [1.29, 1.82) is 0 Å². The Labute approximate surface area is 142 Å². The van der Waals surface area contributed by atoms with Gasteiger partial charge in [-0.1, -0.05) is 29.8 Å². The van der Waals surface area contributed by atoms with Crippen LogP contribution >= 0.6 is 11.6 Å². The zero-order valence-electron chi connectivity index (χ0n) is 13.1. The number of carbonyl (C=O) groups is 1. The van der Waals surface area contributed by atoms with Gasteiger partial charge >= 0.3 is 11.7 Å². The molecule has 2 aromatic carbocycles. The number of halogens is 1. The second-order valence-electron chi connectivity index (χ2n) is 5.13. The number of benzene rings is 2. The zero-order chi connectivity index (χ0) is 17.3. The summed E-state index contributed by atoms with van der Waals surface area (Å²) >= 11 is 6.05. The van der Waals surface area contributed by atoms with Crippen LogP contribution in [0.1, 0.15) is 11.6 Å². The van der Waals surface area contributed by atoms with Crippen molar-refractivity contribution in [3.8, 4) is 5.75 Å². The molecular weight excluding hydrogens is 332 g/mol. The number of carbonyl (C=O) groups excluding carboxylic acids is 1. The smallest absolute Gasteiger partial charge is 0.333 e. The molecule has 0 amide bonds. The number of nitrogens with zero attached hydrogens (tertiary/aromatic N) is 1. The number of H-pyrrole nitrogens is 1. The summed E-state index contributed by atoms with van der Waals surface area (Å²) in [4.78, 5) is 27.7. The highest BCUT2D eigenvalue weighted by Gasteiger charge is 2.29. The SMILES string of the molecule is COC(=O)C(c1ccccc1OC)n1c(=O)[nH]c2ccc(Cl)cc21. The van der Waals surface area contributed by atoms with Crippen LogP contribution in [0.15, 0.2) is 47.3 Å². The molecule has 0 radical (unpaired) electrons. The number of nitrogens with one attached hydrogen (secondary N) is 1. The van der Waals surface area contributed by atoms with Crippen molar-refractivity contribution in [2.24, 2.45) is 0 Å². The van der Waals surface area contributed by atoms with E-state index in [1.165, 1.54) is 18.8 Å². The minimum absolute atomic E-state index is 0.437. The van der Waals surface area contributed by atoms with Gasteiger partial charge in [0.2, 0.25) is 0 Å². The van der Waals surface area contributed by atoms with E-state index >= 15 is 0 Å². The monoisotopic (exact) mass is 346 g/mol. The van der Waals surface area contributed by atoms with Gasteiger partial charge in [0.1, 0.15) is 5.75 Å². The van der Waals surface area contributed by atoms with E-state index in [1.54, 1.807) is 42.5 Å². The molecular formula is C17H15ClN2O4. The van der Waals surface area contributed by atoms with Gasteiger partial charge in [0.05, 0.1) is 25.3 Å². The van der Waals surface area contributed by atoms with E-state index in [1.807, 2.05) is 0 Å². The minimum atomic E-state index is -0.995. The van der Waals surface area contributed by atoms with Crippen LogP contribution in [0.5, 0.6) is 5.75 Å². The van der Waals surface area contributed by atoms with Crippen LogP contribution < -0.4 is 10.4 Å². The first-order chi connectivity index (χ1) is 11.6. The summed E-state index contributed by atoms with van der Waals surface area (Å²) in [5.74, 6) is -0.0985. The van der Waals surface area contributed by atoms with Gasteiger partial charge in [-0.05, 0) is 24.3 Å². The fourth-order valence-electron chi connectivity index (χ4n) is 2.73. The van der Waals surface area contributed by atoms with Gasteiger partial charge < -0.3 is 14.5 Å². The molecule has 7 heteroatoms. The number of para-hydroxylation sites is 1. The van der Waals surface area contributed by atoms with Gasteiger partial charge in [0.15, 0.2) is 6.04 Å². The maximum absolute atomic E-state index is 12.5. The maximum Gasteiger partial charge on any atom is 0.333 e. The van der Waals surface area contributed by atoms with Crippen LogP contribution in [-0.4, -0.2) is 29.7 Å². The normalized spacial score (nSPS) is 12.1. The lowest BCUT2D eigenvalue weighted by Gasteiger charge is -2.19. The Morgan fingerprint density at radius 3 is 2.67 bits per heavy atom. The third-order valence-corrected chi connectivity index (χ3v) is 4.03. The summed E-state index contributed by atoms with van der Waals surface area (Å²) in [6, 6.07) is 11.0. The third kappa shape index (κ3) is 2.65. The van der Waals surface area contributed by atoms with Gasteiger partial charge in [-0.15, -0.1) is 0 Å². The number of rotatable bonds is 4. The number of fused-ring (bicyclic) bond motifs is 1. The molecule has 24 heavy (non-hydrogen) atoms. The van der Waals surface area contributed by atoms with Crippen molar-refractivity contribution in [2.45, 2.75) is 6.04 Å². The molecule has 1 N–H and O–H groups in total. The second kappa shape index (κ2) is 6.41. The first-order valence-electron chi connectivity index (χ1n) is 7.17. The number of hydrogen-bond acceptors (Lipinski definition) is 4. The van der Waals surface area contributed by atoms with Crippen molar-refractivity contribution in [3.05, 3.63) is 63.5 Å². The molecule has 1 atom stereocenters. The number of hydrogen-bond donors (Lipinski definition) is 1. The molecule has 0 aliphatic carbocycles.